The third kappa shape index (κ3) is 3.24. The van der Waals surface area contributed by atoms with Crippen LogP contribution in [0.4, 0.5) is 5.69 Å². The number of thioether (sulfide) groups is 1. The number of hydrogen-bond donors (Lipinski definition) is 0. The molecule has 2 aliphatic rings. The summed E-state index contributed by atoms with van der Waals surface area (Å²) in [5.74, 6) is -0.0794. The van der Waals surface area contributed by atoms with Crippen LogP contribution in [0.3, 0.4) is 0 Å². The van der Waals surface area contributed by atoms with Crippen molar-refractivity contribution in [2.24, 2.45) is 10.9 Å². The second-order valence-corrected chi connectivity index (χ2v) is 10.2. The smallest absolute Gasteiger partial charge is 0.250 e. The first-order valence-corrected chi connectivity index (χ1v) is 10.7. The number of anilines is 1. The molecule has 2 aliphatic heterocycles. The van der Waals surface area contributed by atoms with E-state index in [4.69, 9.17) is 0 Å². The number of carbonyl (C=O) groups excluding carboxylic acids is 1. The summed E-state index contributed by atoms with van der Waals surface area (Å²) in [5, 5.41) is 0.570. The molecule has 5 nitrogen and oxygen atoms in total. The number of rotatable bonds is 2. The Bertz CT molecular complexity index is 815. The van der Waals surface area contributed by atoms with Crippen LogP contribution in [0, 0.1) is 19.8 Å². The van der Waals surface area contributed by atoms with Crippen molar-refractivity contribution in [3.63, 3.8) is 0 Å². The van der Waals surface area contributed by atoms with E-state index in [-0.39, 0.29) is 34.6 Å². The van der Waals surface area contributed by atoms with Crippen molar-refractivity contribution >= 4 is 38.4 Å². The Labute approximate surface area is 147 Å². The molecule has 0 unspecified atom stereocenters. The lowest BCUT2D eigenvalue weighted by molar-refractivity contribution is -0.120. The van der Waals surface area contributed by atoms with E-state index in [1.165, 1.54) is 11.8 Å². The Morgan fingerprint density at radius 2 is 2.00 bits per heavy atom. The van der Waals surface area contributed by atoms with Gasteiger partial charge in [-0.1, -0.05) is 37.7 Å². The van der Waals surface area contributed by atoms with E-state index in [1.54, 1.807) is 0 Å². The Balaban J connectivity index is 2.08. The van der Waals surface area contributed by atoms with Gasteiger partial charge in [0, 0.05) is 16.9 Å². The molecule has 0 radical (unpaired) electrons. The maximum absolute atomic E-state index is 12.1. The molecule has 2 heterocycles. The zero-order chi connectivity index (χ0) is 17.6. The number of aliphatic imine (C=N–C) groups is 1. The van der Waals surface area contributed by atoms with Crippen molar-refractivity contribution in [1.82, 2.24) is 0 Å². The molecule has 0 spiro atoms. The molecule has 1 amide bonds. The second kappa shape index (κ2) is 6.19. The molecule has 0 aromatic heterocycles. The van der Waals surface area contributed by atoms with E-state index in [0.29, 0.717) is 5.17 Å². The first-order chi connectivity index (χ1) is 11.2. The summed E-state index contributed by atoms with van der Waals surface area (Å²) in [6.07, 6.45) is 0. The predicted molar refractivity (Wildman–Crippen MR) is 99.5 cm³/mol. The summed E-state index contributed by atoms with van der Waals surface area (Å²) in [5.41, 5.74) is 3.10. The normalized spacial score (nSPS) is 27.0. The summed E-state index contributed by atoms with van der Waals surface area (Å²) in [7, 11) is -3.04. The average molecular weight is 367 g/mol. The van der Waals surface area contributed by atoms with Crippen molar-refractivity contribution < 1.29 is 13.2 Å². The molecular formula is C17H22N2O3S2. The number of fused-ring (bicyclic) bond motifs is 1. The van der Waals surface area contributed by atoms with Gasteiger partial charge in [0.15, 0.2) is 15.0 Å². The van der Waals surface area contributed by atoms with E-state index >= 15 is 0 Å². The molecule has 130 valence electrons. The predicted octanol–water partition coefficient (Wildman–Crippen LogP) is 2.56. The van der Waals surface area contributed by atoms with Gasteiger partial charge in [-0.15, -0.1) is 0 Å². The van der Waals surface area contributed by atoms with Gasteiger partial charge in [-0.05, 0) is 31.0 Å². The lowest BCUT2D eigenvalue weighted by Gasteiger charge is -2.26. The van der Waals surface area contributed by atoms with Crippen LogP contribution in [0.1, 0.15) is 25.0 Å². The Hall–Kier alpha value is -1.34. The topological polar surface area (TPSA) is 66.8 Å². The molecule has 2 fully saturated rings. The Morgan fingerprint density at radius 1 is 1.29 bits per heavy atom. The monoisotopic (exact) mass is 366 g/mol. The second-order valence-electron chi connectivity index (χ2n) is 6.85. The molecule has 0 aliphatic carbocycles. The highest BCUT2D eigenvalue weighted by atomic mass is 32.2. The van der Waals surface area contributed by atoms with Crippen LogP contribution < -0.4 is 4.90 Å². The molecule has 0 bridgehead atoms. The van der Waals surface area contributed by atoms with Gasteiger partial charge in [-0.2, -0.15) is 4.99 Å². The van der Waals surface area contributed by atoms with Gasteiger partial charge in [0.1, 0.15) is 0 Å². The van der Waals surface area contributed by atoms with Gasteiger partial charge in [0.2, 0.25) is 0 Å². The molecule has 24 heavy (non-hydrogen) atoms. The number of benzene rings is 1. The highest BCUT2D eigenvalue weighted by Crippen LogP contribution is 2.42. The van der Waals surface area contributed by atoms with E-state index < -0.39 is 9.84 Å². The van der Waals surface area contributed by atoms with Crippen LogP contribution in [-0.2, 0) is 14.6 Å². The molecule has 1 aromatic carbocycles. The fourth-order valence-electron chi connectivity index (χ4n) is 3.05. The minimum Gasteiger partial charge on any atom is -0.315 e. The molecule has 2 saturated heterocycles. The van der Waals surface area contributed by atoms with Crippen molar-refractivity contribution in [2.45, 2.75) is 39.0 Å². The molecule has 2 atom stereocenters. The number of hydrogen-bond acceptors (Lipinski definition) is 4. The average Bonchev–Trinajstić information content (AvgIpc) is 2.92. The Kier molecular flexibility index (Phi) is 4.51. The maximum Gasteiger partial charge on any atom is 0.250 e. The minimum atomic E-state index is -3.04. The third-order valence-electron chi connectivity index (χ3n) is 4.39. The SMILES string of the molecule is Cc1ccc(C)c(N2C(=NC(=O)C(C)C)S[C@@H]3CS(=O)(=O)C[C@H]32)c1. The van der Waals surface area contributed by atoms with Gasteiger partial charge >= 0.3 is 0 Å². The van der Waals surface area contributed by atoms with Crippen LogP contribution in [0.5, 0.6) is 0 Å². The van der Waals surface area contributed by atoms with Crippen molar-refractivity contribution in [2.75, 3.05) is 16.4 Å². The first kappa shape index (κ1) is 17.5. The highest BCUT2D eigenvalue weighted by Gasteiger charge is 2.49. The summed E-state index contributed by atoms with van der Waals surface area (Å²) >= 11 is 1.42. The highest BCUT2D eigenvalue weighted by molar-refractivity contribution is 8.16. The fourth-order valence-corrected chi connectivity index (χ4v) is 6.96. The summed E-state index contributed by atoms with van der Waals surface area (Å²) in [6.45, 7) is 7.64. The van der Waals surface area contributed by atoms with Crippen LogP contribution in [0.2, 0.25) is 0 Å². The molecular weight excluding hydrogens is 344 g/mol. The molecule has 0 N–H and O–H groups in total. The maximum atomic E-state index is 12.1. The van der Waals surface area contributed by atoms with E-state index in [2.05, 4.69) is 4.99 Å². The van der Waals surface area contributed by atoms with Crippen molar-refractivity contribution in [3.8, 4) is 0 Å². The van der Waals surface area contributed by atoms with Crippen molar-refractivity contribution in [3.05, 3.63) is 29.3 Å². The van der Waals surface area contributed by atoms with Gasteiger partial charge in [0.25, 0.3) is 5.91 Å². The first-order valence-electron chi connectivity index (χ1n) is 8.04. The van der Waals surface area contributed by atoms with E-state index in [9.17, 15) is 13.2 Å². The summed E-state index contributed by atoms with van der Waals surface area (Å²) in [4.78, 5) is 18.4. The van der Waals surface area contributed by atoms with Gasteiger partial charge in [-0.25, -0.2) is 8.42 Å². The summed E-state index contributed by atoms with van der Waals surface area (Å²) < 4.78 is 24.1. The largest absolute Gasteiger partial charge is 0.315 e. The lowest BCUT2D eigenvalue weighted by Crippen LogP contribution is -2.38. The van der Waals surface area contributed by atoms with Gasteiger partial charge in [0.05, 0.1) is 17.5 Å². The number of nitrogens with zero attached hydrogens (tertiary/aromatic N) is 2. The van der Waals surface area contributed by atoms with Crippen LogP contribution in [0.15, 0.2) is 23.2 Å². The molecule has 1 aromatic rings. The van der Waals surface area contributed by atoms with Gasteiger partial charge < -0.3 is 4.90 Å². The van der Waals surface area contributed by atoms with Gasteiger partial charge in [-0.3, -0.25) is 4.79 Å². The fraction of sp³-hybridized carbons (Fsp3) is 0.529. The number of amides is 1. The molecule has 3 rings (SSSR count). The molecule has 0 saturated carbocycles. The molecule has 7 heteroatoms. The minimum absolute atomic E-state index is 0.0615. The number of aryl methyl sites for hydroxylation is 2. The summed E-state index contributed by atoms with van der Waals surface area (Å²) in [6, 6.07) is 5.94. The zero-order valence-corrected chi connectivity index (χ0v) is 15.9. The number of carbonyl (C=O) groups is 1. The quantitative estimate of drug-likeness (QED) is 0.805. The standard InChI is InChI=1S/C17H22N2O3S2/c1-10(2)16(20)18-17-19(13-7-11(3)5-6-12(13)4)14-8-24(21,22)9-15(14)23-17/h5-7,10,14-15H,8-9H2,1-4H3/t14-,15-/m1/s1. The number of amidine groups is 1. The van der Waals surface area contributed by atoms with E-state index in [1.807, 2.05) is 50.8 Å². The zero-order valence-electron chi connectivity index (χ0n) is 14.3. The Morgan fingerprint density at radius 3 is 2.67 bits per heavy atom. The van der Waals surface area contributed by atoms with Crippen LogP contribution in [0.25, 0.3) is 0 Å². The van der Waals surface area contributed by atoms with Crippen LogP contribution >= 0.6 is 11.8 Å². The van der Waals surface area contributed by atoms with Crippen LogP contribution in [-0.4, -0.2) is 42.3 Å². The van der Waals surface area contributed by atoms with E-state index in [0.717, 1.165) is 16.8 Å². The number of sulfone groups is 1. The lowest BCUT2D eigenvalue weighted by atomic mass is 10.1. The van der Waals surface area contributed by atoms with Crippen molar-refractivity contribution in [1.29, 1.82) is 0 Å². The third-order valence-corrected chi connectivity index (χ3v) is 7.60.